The lowest BCUT2D eigenvalue weighted by Gasteiger charge is -2.33. The molecule has 2 atom stereocenters. The molecule has 0 radical (unpaired) electrons. The minimum absolute atomic E-state index is 0.00421. The van der Waals surface area contributed by atoms with Crippen molar-refractivity contribution < 1.29 is 44.7 Å². The standard InChI is InChI=1S/C29H33F8N7O2/c1-16-19(14-38-44(16)13-11-29(35,36)37)25(46)42-24(18-4-8-27(30,31)9-5-18)21-15-43-12-7-20(39-26(43)40-21)23(17-2-3-17)41-22(45)6-10-28(32,33)34/h7,12,14-15,17-18,23-24H,2-6,8-11,13H2,1H3,(H,41,45)(H,42,46)/t23-,24-/m0/s1. The Labute approximate surface area is 258 Å². The molecule has 2 fully saturated rings. The maximum Gasteiger partial charge on any atom is 0.390 e. The molecule has 0 spiro atoms. The van der Waals surface area contributed by atoms with Gasteiger partial charge in [0.1, 0.15) is 0 Å². The number of alkyl halides is 8. The summed E-state index contributed by atoms with van der Waals surface area (Å²) < 4.78 is 107. The second-order valence-corrected chi connectivity index (χ2v) is 12.1. The first-order valence-corrected chi connectivity index (χ1v) is 15.0. The first-order valence-electron chi connectivity index (χ1n) is 15.0. The molecule has 2 amide bonds. The number of carbonyl (C=O) groups is 2. The number of halogens is 8. The highest BCUT2D eigenvalue weighted by Gasteiger charge is 2.40. The summed E-state index contributed by atoms with van der Waals surface area (Å²) in [5.41, 5.74) is 0.950. The van der Waals surface area contributed by atoms with Gasteiger partial charge in [-0.25, -0.2) is 18.7 Å². The maximum absolute atomic E-state index is 14.0. The van der Waals surface area contributed by atoms with Crippen LogP contribution in [0.1, 0.15) is 97.3 Å². The van der Waals surface area contributed by atoms with Crippen LogP contribution in [0.5, 0.6) is 0 Å². The topological polar surface area (TPSA) is 106 Å². The van der Waals surface area contributed by atoms with Crippen LogP contribution in [0.4, 0.5) is 35.1 Å². The Hall–Kier alpha value is -3.79. The Morgan fingerprint density at radius 1 is 0.935 bits per heavy atom. The number of imidazole rings is 1. The van der Waals surface area contributed by atoms with Gasteiger partial charge in [0.2, 0.25) is 17.6 Å². The lowest BCUT2D eigenvalue weighted by molar-refractivity contribution is -0.144. The zero-order chi connectivity index (χ0) is 33.4. The van der Waals surface area contributed by atoms with Crippen LogP contribution in [0, 0.1) is 18.8 Å². The van der Waals surface area contributed by atoms with E-state index in [1.165, 1.54) is 6.92 Å². The van der Waals surface area contributed by atoms with Crippen molar-refractivity contribution >= 4 is 17.6 Å². The van der Waals surface area contributed by atoms with Gasteiger partial charge in [0.15, 0.2) is 0 Å². The Morgan fingerprint density at radius 2 is 1.54 bits per heavy atom. The fourth-order valence-corrected chi connectivity index (χ4v) is 5.77. The fourth-order valence-electron chi connectivity index (χ4n) is 5.77. The van der Waals surface area contributed by atoms with E-state index in [-0.39, 0.29) is 35.8 Å². The summed E-state index contributed by atoms with van der Waals surface area (Å²) in [4.78, 5) is 34.8. The number of nitrogens with zero attached hydrogens (tertiary/aromatic N) is 5. The zero-order valence-corrected chi connectivity index (χ0v) is 24.8. The molecule has 5 rings (SSSR count). The van der Waals surface area contributed by atoms with Crippen molar-refractivity contribution in [2.45, 2.75) is 102 Å². The van der Waals surface area contributed by atoms with Gasteiger partial charge in [-0.15, -0.1) is 0 Å². The van der Waals surface area contributed by atoms with E-state index in [1.807, 2.05) is 0 Å². The predicted octanol–water partition coefficient (Wildman–Crippen LogP) is 6.39. The van der Waals surface area contributed by atoms with Crippen molar-refractivity contribution in [3.8, 4) is 0 Å². The number of hydrogen-bond donors (Lipinski definition) is 2. The number of aromatic nitrogens is 5. The lowest BCUT2D eigenvalue weighted by atomic mass is 9.81. The third kappa shape index (κ3) is 8.51. The molecule has 252 valence electrons. The molecular formula is C29H33F8N7O2. The molecule has 0 unspecified atom stereocenters. The van der Waals surface area contributed by atoms with Gasteiger partial charge in [-0.2, -0.15) is 31.4 Å². The highest BCUT2D eigenvalue weighted by Crippen LogP contribution is 2.42. The number of carbonyl (C=O) groups excluding carboxylic acids is 2. The summed E-state index contributed by atoms with van der Waals surface area (Å²) in [6, 6.07) is 0.130. The van der Waals surface area contributed by atoms with Crippen LogP contribution in [0.2, 0.25) is 0 Å². The van der Waals surface area contributed by atoms with Crippen LogP contribution in [-0.4, -0.2) is 54.2 Å². The summed E-state index contributed by atoms with van der Waals surface area (Å²) in [5.74, 6) is -4.54. The van der Waals surface area contributed by atoms with Gasteiger partial charge in [0.25, 0.3) is 5.91 Å². The Kier molecular flexibility index (Phi) is 9.33. The van der Waals surface area contributed by atoms with E-state index in [1.54, 1.807) is 22.9 Å². The Balaban J connectivity index is 1.38. The number of fused-ring (bicyclic) bond motifs is 1. The number of amides is 2. The maximum atomic E-state index is 14.0. The third-order valence-corrected chi connectivity index (χ3v) is 8.52. The summed E-state index contributed by atoms with van der Waals surface area (Å²) in [5, 5.41) is 9.41. The quantitative estimate of drug-likeness (QED) is 0.231. The Bertz CT molecular complexity index is 1550. The van der Waals surface area contributed by atoms with Gasteiger partial charge in [0, 0.05) is 43.9 Å². The van der Waals surface area contributed by atoms with Gasteiger partial charge in [-0.3, -0.25) is 18.7 Å². The second-order valence-electron chi connectivity index (χ2n) is 12.1. The SMILES string of the molecule is Cc1c(C(=O)N[C@H](c2cn3ccc([C@@H](NC(=O)CCC(F)(F)F)C4CC4)nc3n2)C2CCC(F)(F)CC2)cnn1CCC(F)(F)F. The lowest BCUT2D eigenvalue weighted by Crippen LogP contribution is -2.37. The monoisotopic (exact) mass is 663 g/mol. The van der Waals surface area contributed by atoms with Gasteiger partial charge in [0.05, 0.1) is 48.1 Å². The summed E-state index contributed by atoms with van der Waals surface area (Å²) >= 11 is 0. The normalized spacial score (nSPS) is 18.8. The fraction of sp³-hybridized carbons (Fsp3) is 0.621. The van der Waals surface area contributed by atoms with Crippen LogP contribution in [0.15, 0.2) is 24.7 Å². The molecule has 9 nitrogen and oxygen atoms in total. The van der Waals surface area contributed by atoms with E-state index >= 15 is 0 Å². The highest BCUT2D eigenvalue weighted by molar-refractivity contribution is 5.95. The van der Waals surface area contributed by atoms with Gasteiger partial charge >= 0.3 is 12.4 Å². The van der Waals surface area contributed by atoms with E-state index in [4.69, 9.17) is 0 Å². The molecule has 3 aromatic heterocycles. The second kappa shape index (κ2) is 12.8. The molecule has 2 saturated carbocycles. The smallest absolute Gasteiger partial charge is 0.347 e. The summed E-state index contributed by atoms with van der Waals surface area (Å²) in [7, 11) is 0. The van der Waals surface area contributed by atoms with Crippen molar-refractivity contribution in [1.29, 1.82) is 0 Å². The van der Waals surface area contributed by atoms with Crippen LogP contribution < -0.4 is 10.6 Å². The molecule has 0 saturated heterocycles. The largest absolute Gasteiger partial charge is 0.390 e. The summed E-state index contributed by atoms with van der Waals surface area (Å²) in [6.07, 6.45) is -6.79. The number of aryl methyl sites for hydroxylation is 1. The van der Waals surface area contributed by atoms with E-state index < -0.39 is 86.7 Å². The van der Waals surface area contributed by atoms with Crippen LogP contribution in [0.25, 0.3) is 5.78 Å². The molecule has 17 heteroatoms. The molecule has 0 bridgehead atoms. The van der Waals surface area contributed by atoms with Gasteiger partial charge < -0.3 is 10.6 Å². The van der Waals surface area contributed by atoms with Crippen molar-refractivity contribution in [2.75, 3.05) is 0 Å². The first-order chi connectivity index (χ1) is 21.5. The number of nitrogens with one attached hydrogen (secondary N) is 2. The van der Waals surface area contributed by atoms with Gasteiger partial charge in [-0.1, -0.05) is 0 Å². The zero-order valence-electron chi connectivity index (χ0n) is 24.8. The van der Waals surface area contributed by atoms with E-state index in [9.17, 15) is 44.7 Å². The molecule has 3 aromatic rings. The molecule has 2 N–H and O–H groups in total. The van der Waals surface area contributed by atoms with Gasteiger partial charge in [-0.05, 0) is 50.5 Å². The van der Waals surface area contributed by atoms with Crippen molar-refractivity contribution in [3.63, 3.8) is 0 Å². The molecule has 0 aliphatic heterocycles. The molecule has 0 aromatic carbocycles. The molecule has 2 aliphatic carbocycles. The van der Waals surface area contributed by atoms with E-state index in [0.29, 0.717) is 11.4 Å². The van der Waals surface area contributed by atoms with Crippen molar-refractivity contribution in [2.24, 2.45) is 11.8 Å². The number of hydrogen-bond acceptors (Lipinski definition) is 5. The molecular weight excluding hydrogens is 630 g/mol. The van der Waals surface area contributed by atoms with Crippen LogP contribution in [0.3, 0.4) is 0 Å². The Morgan fingerprint density at radius 3 is 2.17 bits per heavy atom. The first kappa shape index (κ1) is 33.6. The molecule has 46 heavy (non-hydrogen) atoms. The van der Waals surface area contributed by atoms with Crippen LogP contribution >= 0.6 is 0 Å². The average Bonchev–Trinajstić information content (AvgIpc) is 3.61. The number of rotatable bonds is 11. The van der Waals surface area contributed by atoms with E-state index in [0.717, 1.165) is 23.7 Å². The molecule has 3 heterocycles. The predicted molar refractivity (Wildman–Crippen MR) is 147 cm³/mol. The molecule has 2 aliphatic rings. The van der Waals surface area contributed by atoms with E-state index in [2.05, 4.69) is 25.7 Å². The minimum atomic E-state index is -4.47. The highest BCUT2D eigenvalue weighted by atomic mass is 19.4. The van der Waals surface area contributed by atoms with Crippen LogP contribution in [-0.2, 0) is 11.3 Å². The third-order valence-electron chi connectivity index (χ3n) is 8.52. The van der Waals surface area contributed by atoms with Crippen molar-refractivity contribution in [3.05, 3.63) is 47.3 Å². The minimum Gasteiger partial charge on any atom is -0.347 e. The summed E-state index contributed by atoms with van der Waals surface area (Å²) in [6.45, 7) is 0.984. The average molecular weight is 664 g/mol. The van der Waals surface area contributed by atoms with Crippen molar-refractivity contribution in [1.82, 2.24) is 34.8 Å².